The van der Waals surface area contributed by atoms with Crippen molar-refractivity contribution in [2.75, 3.05) is 40.4 Å². The summed E-state index contributed by atoms with van der Waals surface area (Å²) in [4.78, 5) is 16.5. The van der Waals surface area contributed by atoms with E-state index in [1.54, 1.807) is 14.2 Å². The quantitative estimate of drug-likeness (QED) is 0.695. The van der Waals surface area contributed by atoms with Crippen LogP contribution in [0.2, 0.25) is 0 Å². The monoisotopic (exact) mass is 395 g/mol. The molecule has 0 atom stereocenters. The molecule has 0 spiro atoms. The maximum Gasteiger partial charge on any atom is 0.290 e. The van der Waals surface area contributed by atoms with Gasteiger partial charge in [0.15, 0.2) is 5.76 Å². The molecular weight excluding hydrogens is 368 g/mol. The number of hydrogen-bond donors (Lipinski definition) is 1. The number of nitrogens with one attached hydrogen (secondary N) is 1. The molecule has 1 aliphatic rings. The molecule has 1 aromatic heterocycles. The number of amides is 1. The molecule has 2 heterocycles. The molecule has 2 aromatic carbocycles. The van der Waals surface area contributed by atoms with Crippen molar-refractivity contribution in [3.63, 3.8) is 0 Å². The van der Waals surface area contributed by atoms with Crippen molar-refractivity contribution >= 4 is 16.9 Å². The minimum Gasteiger partial charge on any atom is -0.497 e. The van der Waals surface area contributed by atoms with E-state index in [4.69, 9.17) is 13.9 Å². The number of fused-ring (bicyclic) bond motifs is 1. The molecule has 6 heteroatoms. The second kappa shape index (κ2) is 8.68. The molecule has 152 valence electrons. The van der Waals surface area contributed by atoms with Gasteiger partial charge in [-0.25, -0.2) is 0 Å². The topological polar surface area (TPSA) is 56.3 Å². The molecule has 0 unspecified atom stereocenters. The molecule has 1 N–H and O–H groups in total. The van der Waals surface area contributed by atoms with Gasteiger partial charge in [0.1, 0.15) is 17.9 Å². The van der Waals surface area contributed by atoms with E-state index in [1.807, 2.05) is 41.3 Å². The summed E-state index contributed by atoms with van der Waals surface area (Å²) in [6, 6.07) is 15.9. The zero-order valence-electron chi connectivity index (χ0n) is 16.9. The molecule has 0 radical (unpaired) electrons. The van der Waals surface area contributed by atoms with Gasteiger partial charge in [-0.1, -0.05) is 18.2 Å². The molecule has 1 saturated heterocycles. The lowest BCUT2D eigenvalue weighted by Crippen LogP contribution is -3.13. The van der Waals surface area contributed by atoms with Crippen molar-refractivity contribution in [1.82, 2.24) is 4.90 Å². The highest BCUT2D eigenvalue weighted by Crippen LogP contribution is 2.27. The predicted molar refractivity (Wildman–Crippen MR) is 110 cm³/mol. The van der Waals surface area contributed by atoms with Crippen LogP contribution in [0.1, 0.15) is 21.7 Å². The van der Waals surface area contributed by atoms with Gasteiger partial charge in [-0.2, -0.15) is 0 Å². The maximum atomic E-state index is 13.2. The van der Waals surface area contributed by atoms with Gasteiger partial charge in [-0.05, 0) is 30.3 Å². The molecule has 1 amide bonds. The molecule has 0 saturated carbocycles. The molecule has 4 rings (SSSR count). The Balaban J connectivity index is 1.42. The number of rotatable bonds is 6. The lowest BCUT2D eigenvalue weighted by Gasteiger charge is -2.32. The van der Waals surface area contributed by atoms with Crippen molar-refractivity contribution in [3.05, 3.63) is 65.4 Å². The van der Waals surface area contributed by atoms with E-state index in [9.17, 15) is 4.79 Å². The lowest BCUT2D eigenvalue weighted by molar-refractivity contribution is -0.917. The molecular formula is C23H27N2O4+. The van der Waals surface area contributed by atoms with E-state index in [-0.39, 0.29) is 5.91 Å². The van der Waals surface area contributed by atoms with E-state index in [1.165, 1.54) is 10.5 Å². The van der Waals surface area contributed by atoms with Crippen molar-refractivity contribution in [1.29, 1.82) is 0 Å². The van der Waals surface area contributed by atoms with E-state index < -0.39 is 0 Å². The van der Waals surface area contributed by atoms with Crippen LogP contribution in [-0.2, 0) is 17.9 Å². The van der Waals surface area contributed by atoms with Crippen LogP contribution in [-0.4, -0.2) is 51.2 Å². The summed E-state index contributed by atoms with van der Waals surface area (Å²) < 4.78 is 16.5. The molecule has 1 aliphatic heterocycles. The summed E-state index contributed by atoms with van der Waals surface area (Å²) in [5.41, 5.74) is 2.84. The van der Waals surface area contributed by atoms with Gasteiger partial charge in [-0.3, -0.25) is 4.79 Å². The largest absolute Gasteiger partial charge is 0.497 e. The molecule has 0 aliphatic carbocycles. The Morgan fingerprint density at radius 1 is 1.07 bits per heavy atom. The van der Waals surface area contributed by atoms with Gasteiger partial charge >= 0.3 is 0 Å². The van der Waals surface area contributed by atoms with E-state index >= 15 is 0 Å². The minimum atomic E-state index is -0.0447. The number of benzene rings is 2. The number of carbonyl (C=O) groups excluding carboxylic acids is 1. The normalized spacial score (nSPS) is 15.0. The van der Waals surface area contributed by atoms with E-state index in [0.29, 0.717) is 25.5 Å². The summed E-state index contributed by atoms with van der Waals surface area (Å²) in [6.07, 6.45) is 0. The highest BCUT2D eigenvalue weighted by Gasteiger charge is 2.29. The third-order valence-corrected chi connectivity index (χ3v) is 5.55. The predicted octanol–water partition coefficient (Wildman–Crippen LogP) is 2.13. The number of methoxy groups -OCH3 is 2. The van der Waals surface area contributed by atoms with Crippen LogP contribution in [0.3, 0.4) is 0 Å². The average Bonchev–Trinajstić information content (AvgIpc) is 3.13. The van der Waals surface area contributed by atoms with Crippen LogP contribution in [0.15, 0.2) is 52.9 Å². The van der Waals surface area contributed by atoms with E-state index in [2.05, 4.69) is 12.1 Å². The van der Waals surface area contributed by atoms with Gasteiger partial charge in [-0.15, -0.1) is 0 Å². The Hall–Kier alpha value is -2.83. The Morgan fingerprint density at radius 2 is 1.79 bits per heavy atom. The van der Waals surface area contributed by atoms with Gasteiger partial charge in [0.2, 0.25) is 0 Å². The first-order valence-corrected chi connectivity index (χ1v) is 9.94. The van der Waals surface area contributed by atoms with Gasteiger partial charge in [0.25, 0.3) is 5.91 Å². The standard InChI is InChI=1S/C23H26N2O4/c1-27-16-20-19-5-3-4-6-21(19)29-22(20)23(26)25-13-11-24(12-14-25)15-17-7-9-18(28-2)10-8-17/h3-10H,11-16H2,1-2H3/p+1. The smallest absolute Gasteiger partial charge is 0.290 e. The molecule has 6 nitrogen and oxygen atoms in total. The number of ether oxygens (including phenoxy) is 2. The third kappa shape index (κ3) is 4.13. The van der Waals surface area contributed by atoms with Crippen LogP contribution in [0.5, 0.6) is 5.75 Å². The van der Waals surface area contributed by atoms with Crippen LogP contribution in [0, 0.1) is 0 Å². The number of hydrogen-bond acceptors (Lipinski definition) is 4. The first-order chi connectivity index (χ1) is 14.2. The fraction of sp³-hybridized carbons (Fsp3) is 0.348. The van der Waals surface area contributed by atoms with Crippen molar-refractivity contribution in [2.45, 2.75) is 13.2 Å². The highest BCUT2D eigenvalue weighted by molar-refractivity contribution is 5.99. The SMILES string of the molecule is COCc1c(C(=O)N2CC[NH+](Cc3ccc(OC)cc3)CC2)oc2ccccc12. The second-order valence-electron chi connectivity index (χ2n) is 7.41. The average molecular weight is 395 g/mol. The molecule has 0 bridgehead atoms. The molecule has 3 aromatic rings. The lowest BCUT2D eigenvalue weighted by atomic mass is 10.1. The Bertz CT molecular complexity index is 972. The van der Waals surface area contributed by atoms with Crippen molar-refractivity contribution in [3.8, 4) is 5.75 Å². The summed E-state index contributed by atoms with van der Waals surface area (Å²) >= 11 is 0. The Labute approximate surface area is 170 Å². The number of piperazine rings is 1. The van der Waals surface area contributed by atoms with Gasteiger partial charge < -0.3 is 23.7 Å². The highest BCUT2D eigenvalue weighted by atomic mass is 16.5. The van der Waals surface area contributed by atoms with Gasteiger partial charge in [0.05, 0.1) is 39.9 Å². The second-order valence-corrected chi connectivity index (χ2v) is 7.41. The summed E-state index contributed by atoms with van der Waals surface area (Å²) in [5.74, 6) is 1.24. The summed E-state index contributed by atoms with van der Waals surface area (Å²) in [6.45, 7) is 4.57. The van der Waals surface area contributed by atoms with Crippen molar-refractivity contribution < 1.29 is 23.6 Å². The Morgan fingerprint density at radius 3 is 2.48 bits per heavy atom. The van der Waals surface area contributed by atoms with Crippen molar-refractivity contribution in [2.24, 2.45) is 0 Å². The Kier molecular flexibility index (Phi) is 5.83. The fourth-order valence-corrected chi connectivity index (χ4v) is 3.94. The van der Waals surface area contributed by atoms with Crippen LogP contribution >= 0.6 is 0 Å². The third-order valence-electron chi connectivity index (χ3n) is 5.55. The number of furan rings is 1. The van der Waals surface area contributed by atoms with Crippen LogP contribution in [0.25, 0.3) is 11.0 Å². The first-order valence-electron chi connectivity index (χ1n) is 9.94. The number of quaternary nitrogens is 1. The molecule has 1 fully saturated rings. The zero-order valence-corrected chi connectivity index (χ0v) is 16.9. The number of para-hydroxylation sites is 1. The van der Waals surface area contributed by atoms with Crippen LogP contribution < -0.4 is 9.64 Å². The molecule has 29 heavy (non-hydrogen) atoms. The number of carbonyl (C=O) groups is 1. The number of nitrogens with zero attached hydrogens (tertiary/aromatic N) is 1. The van der Waals surface area contributed by atoms with E-state index in [0.717, 1.165) is 41.9 Å². The zero-order chi connectivity index (χ0) is 20.2. The minimum absolute atomic E-state index is 0.0447. The van der Waals surface area contributed by atoms with Crippen LogP contribution in [0.4, 0.5) is 0 Å². The summed E-state index contributed by atoms with van der Waals surface area (Å²) in [5, 5.41) is 0.946. The maximum absolute atomic E-state index is 13.2. The van der Waals surface area contributed by atoms with Gasteiger partial charge in [0, 0.05) is 23.6 Å². The first kappa shape index (κ1) is 19.5. The fourth-order valence-electron chi connectivity index (χ4n) is 3.94. The summed E-state index contributed by atoms with van der Waals surface area (Å²) in [7, 11) is 3.31.